The van der Waals surface area contributed by atoms with Gasteiger partial charge in [0, 0.05) is 6.61 Å². The summed E-state index contributed by atoms with van der Waals surface area (Å²) in [4.78, 5) is 0. The van der Waals surface area contributed by atoms with Gasteiger partial charge in [0.2, 0.25) is 0 Å². The highest BCUT2D eigenvalue weighted by Crippen LogP contribution is 2.42. The fourth-order valence-electron chi connectivity index (χ4n) is 4.53. The van der Waals surface area contributed by atoms with Crippen LogP contribution in [0.1, 0.15) is 71.1 Å². The van der Waals surface area contributed by atoms with E-state index in [2.05, 4.69) is 31.7 Å². The molecule has 0 heterocycles. The van der Waals surface area contributed by atoms with Crippen molar-refractivity contribution in [3.63, 3.8) is 0 Å². The van der Waals surface area contributed by atoms with Crippen LogP contribution in [0.4, 0.5) is 0 Å². The molecule has 2 fully saturated rings. The second-order valence-electron chi connectivity index (χ2n) is 7.53. The molecule has 0 N–H and O–H groups in total. The largest absolute Gasteiger partial charge is 0.377 e. The molecule has 2 rings (SSSR count). The van der Waals surface area contributed by atoms with Crippen molar-refractivity contribution >= 4 is 0 Å². The maximum Gasteiger partial charge on any atom is 0.0647 e. The lowest BCUT2D eigenvalue weighted by atomic mass is 9.69. The molecule has 1 nitrogen and oxygen atoms in total. The Balaban J connectivity index is 1.60. The Bertz CT molecular complexity index is 317. The van der Waals surface area contributed by atoms with Crippen LogP contribution < -0.4 is 0 Å². The zero-order valence-electron chi connectivity index (χ0n) is 14.6. The second-order valence-corrected chi connectivity index (χ2v) is 7.53. The van der Waals surface area contributed by atoms with E-state index in [1.165, 1.54) is 64.2 Å². The van der Waals surface area contributed by atoms with E-state index in [-0.39, 0.29) is 0 Å². The second kappa shape index (κ2) is 10.3. The van der Waals surface area contributed by atoms with Gasteiger partial charge in [-0.2, -0.15) is 0 Å². The first-order valence-corrected chi connectivity index (χ1v) is 9.63. The summed E-state index contributed by atoms with van der Waals surface area (Å²) in [5, 5.41) is 0. The van der Waals surface area contributed by atoms with Crippen LogP contribution >= 0.6 is 0 Å². The van der Waals surface area contributed by atoms with Gasteiger partial charge in [-0.25, -0.2) is 0 Å². The van der Waals surface area contributed by atoms with E-state index in [1.54, 1.807) is 0 Å². The summed E-state index contributed by atoms with van der Waals surface area (Å²) in [5.41, 5.74) is 0. The lowest BCUT2D eigenvalue weighted by molar-refractivity contribution is 0.0780. The predicted molar refractivity (Wildman–Crippen MR) is 96.0 cm³/mol. The van der Waals surface area contributed by atoms with Crippen molar-refractivity contribution in [2.75, 3.05) is 13.2 Å². The van der Waals surface area contributed by atoms with E-state index in [4.69, 9.17) is 4.74 Å². The number of rotatable bonds is 8. The average Bonchev–Trinajstić information content (AvgIpc) is 2.58. The molecule has 0 radical (unpaired) electrons. The molecule has 22 heavy (non-hydrogen) atoms. The van der Waals surface area contributed by atoms with Gasteiger partial charge >= 0.3 is 0 Å². The van der Waals surface area contributed by atoms with Crippen molar-refractivity contribution in [3.8, 4) is 0 Å². The SMILES string of the molecule is C=CCCC1CCC(C2CCC(COC/C=C\C)CC2)CC1. The Hall–Kier alpha value is -0.560. The van der Waals surface area contributed by atoms with Crippen molar-refractivity contribution in [3.05, 3.63) is 24.8 Å². The van der Waals surface area contributed by atoms with Gasteiger partial charge in [0.15, 0.2) is 0 Å². The van der Waals surface area contributed by atoms with Crippen molar-refractivity contribution in [2.45, 2.75) is 71.1 Å². The average molecular weight is 305 g/mol. The third-order valence-electron chi connectivity index (χ3n) is 6.03. The lowest BCUT2D eigenvalue weighted by Crippen LogP contribution is -2.27. The van der Waals surface area contributed by atoms with Gasteiger partial charge < -0.3 is 4.74 Å². The summed E-state index contributed by atoms with van der Waals surface area (Å²) in [5.74, 6) is 3.87. The zero-order chi connectivity index (χ0) is 15.6. The third-order valence-corrected chi connectivity index (χ3v) is 6.03. The van der Waals surface area contributed by atoms with Crippen LogP contribution in [0.15, 0.2) is 24.8 Å². The maximum atomic E-state index is 5.75. The monoisotopic (exact) mass is 304 g/mol. The van der Waals surface area contributed by atoms with E-state index in [1.807, 2.05) is 0 Å². The summed E-state index contributed by atoms with van der Waals surface area (Å²) >= 11 is 0. The zero-order valence-corrected chi connectivity index (χ0v) is 14.6. The van der Waals surface area contributed by atoms with Crippen LogP contribution in [0, 0.1) is 23.7 Å². The standard InChI is InChI=1S/C21H36O/c1-3-5-7-18-8-12-20(13-9-18)21-14-10-19(11-15-21)17-22-16-6-4-2/h3-4,6,18-21H,1,5,7-17H2,2H3/b6-4-. The summed E-state index contributed by atoms with van der Waals surface area (Å²) in [6.07, 6.45) is 20.5. The van der Waals surface area contributed by atoms with Crippen molar-refractivity contribution in [1.82, 2.24) is 0 Å². The molecule has 126 valence electrons. The van der Waals surface area contributed by atoms with Crippen LogP contribution in [-0.2, 0) is 4.74 Å². The fraction of sp³-hybridized carbons (Fsp3) is 0.810. The molecule has 0 unspecified atom stereocenters. The van der Waals surface area contributed by atoms with Gasteiger partial charge in [-0.1, -0.05) is 31.1 Å². The topological polar surface area (TPSA) is 9.23 Å². The summed E-state index contributed by atoms with van der Waals surface area (Å²) < 4.78 is 5.75. The third kappa shape index (κ3) is 5.91. The van der Waals surface area contributed by atoms with E-state index in [0.717, 1.165) is 36.9 Å². The summed E-state index contributed by atoms with van der Waals surface area (Å²) in [7, 11) is 0. The molecule has 1 heteroatoms. The fourth-order valence-corrected chi connectivity index (χ4v) is 4.53. The maximum absolute atomic E-state index is 5.75. The van der Waals surface area contributed by atoms with Crippen LogP contribution in [0.3, 0.4) is 0 Å². The minimum absolute atomic E-state index is 0.797. The highest BCUT2D eigenvalue weighted by Gasteiger charge is 2.30. The molecule has 2 aliphatic carbocycles. The molecule has 0 bridgehead atoms. The van der Waals surface area contributed by atoms with Gasteiger partial charge in [-0.15, -0.1) is 6.58 Å². The van der Waals surface area contributed by atoms with Gasteiger partial charge in [0.05, 0.1) is 6.61 Å². The number of hydrogen-bond donors (Lipinski definition) is 0. The molecule has 0 aromatic carbocycles. The number of allylic oxidation sites excluding steroid dienone is 2. The molecular formula is C21H36O. The summed E-state index contributed by atoms with van der Waals surface area (Å²) in [6.45, 7) is 7.69. The molecular weight excluding hydrogens is 268 g/mol. The molecule has 0 amide bonds. The van der Waals surface area contributed by atoms with Gasteiger partial charge in [0.25, 0.3) is 0 Å². The Morgan fingerprint density at radius 2 is 1.50 bits per heavy atom. The van der Waals surface area contributed by atoms with E-state index < -0.39 is 0 Å². The minimum atomic E-state index is 0.797. The molecule has 0 saturated heterocycles. The smallest absolute Gasteiger partial charge is 0.0647 e. The number of ether oxygens (including phenoxy) is 1. The van der Waals surface area contributed by atoms with Crippen LogP contribution in [0.2, 0.25) is 0 Å². The Labute approximate surface area is 138 Å². The van der Waals surface area contributed by atoms with Gasteiger partial charge in [0.1, 0.15) is 0 Å². The Kier molecular flexibility index (Phi) is 8.30. The first-order chi connectivity index (χ1) is 10.8. The van der Waals surface area contributed by atoms with Gasteiger partial charge in [-0.3, -0.25) is 0 Å². The molecule has 2 aliphatic rings. The van der Waals surface area contributed by atoms with Crippen LogP contribution in [-0.4, -0.2) is 13.2 Å². The lowest BCUT2D eigenvalue weighted by Gasteiger charge is -2.37. The first-order valence-electron chi connectivity index (χ1n) is 9.63. The van der Waals surface area contributed by atoms with Crippen molar-refractivity contribution < 1.29 is 4.74 Å². The van der Waals surface area contributed by atoms with E-state index in [0.29, 0.717) is 0 Å². The van der Waals surface area contributed by atoms with E-state index >= 15 is 0 Å². The molecule has 0 aromatic rings. The predicted octanol–water partition coefficient (Wildman–Crippen LogP) is 6.16. The number of hydrogen-bond acceptors (Lipinski definition) is 1. The summed E-state index contributed by atoms with van der Waals surface area (Å²) in [6, 6.07) is 0. The first kappa shape index (κ1) is 17.8. The molecule has 0 atom stereocenters. The minimum Gasteiger partial charge on any atom is -0.377 e. The molecule has 0 aromatic heterocycles. The van der Waals surface area contributed by atoms with Gasteiger partial charge in [-0.05, 0) is 82.0 Å². The Morgan fingerprint density at radius 3 is 2.05 bits per heavy atom. The van der Waals surface area contributed by atoms with E-state index in [9.17, 15) is 0 Å². The quantitative estimate of drug-likeness (QED) is 0.385. The highest BCUT2D eigenvalue weighted by molar-refractivity contribution is 4.83. The normalized spacial score (nSPS) is 33.1. The molecule has 2 saturated carbocycles. The van der Waals surface area contributed by atoms with Crippen LogP contribution in [0.25, 0.3) is 0 Å². The highest BCUT2D eigenvalue weighted by atomic mass is 16.5. The van der Waals surface area contributed by atoms with Crippen molar-refractivity contribution in [1.29, 1.82) is 0 Å². The Morgan fingerprint density at radius 1 is 0.909 bits per heavy atom. The molecule has 0 aliphatic heterocycles. The van der Waals surface area contributed by atoms with Crippen LogP contribution in [0.5, 0.6) is 0 Å². The van der Waals surface area contributed by atoms with Crippen molar-refractivity contribution in [2.24, 2.45) is 23.7 Å². The molecule has 0 spiro atoms.